The zero-order valence-electron chi connectivity index (χ0n) is 10.8. The number of hydrogen-bond acceptors (Lipinski definition) is 4. The number of carbonyl (C=O) groups is 1. The average molecular weight is 246 g/mol. The Morgan fingerprint density at radius 2 is 2.00 bits per heavy atom. The van der Waals surface area contributed by atoms with Gasteiger partial charge in [-0.1, -0.05) is 6.08 Å². The summed E-state index contributed by atoms with van der Waals surface area (Å²) in [6, 6.07) is 0. The highest BCUT2D eigenvalue weighted by molar-refractivity contribution is 5.73. The molecule has 1 aromatic heterocycles. The molecule has 2 heterocycles. The normalized spacial score (nSPS) is 16.3. The molecule has 1 aromatic rings. The van der Waals surface area contributed by atoms with Gasteiger partial charge >= 0.3 is 0 Å². The molecule has 0 unspecified atom stereocenters. The SMILES string of the molecule is C/C=C/c1cncc(N2CCN(C(C)=O)CC2)n1. The number of amides is 1. The van der Waals surface area contributed by atoms with Crippen molar-refractivity contribution in [1.82, 2.24) is 14.9 Å². The second-order valence-corrected chi connectivity index (χ2v) is 4.30. The summed E-state index contributed by atoms with van der Waals surface area (Å²) in [5, 5.41) is 0. The summed E-state index contributed by atoms with van der Waals surface area (Å²) in [5.41, 5.74) is 0.865. The first-order chi connectivity index (χ1) is 8.70. The third-order valence-corrected chi connectivity index (χ3v) is 3.03. The van der Waals surface area contributed by atoms with Crippen LogP contribution in [0.25, 0.3) is 6.08 Å². The van der Waals surface area contributed by atoms with Crippen LogP contribution in [0.1, 0.15) is 19.5 Å². The van der Waals surface area contributed by atoms with E-state index in [0.717, 1.165) is 37.7 Å². The first-order valence-corrected chi connectivity index (χ1v) is 6.16. The quantitative estimate of drug-likeness (QED) is 0.786. The fourth-order valence-electron chi connectivity index (χ4n) is 2.02. The van der Waals surface area contributed by atoms with E-state index < -0.39 is 0 Å². The standard InChI is InChI=1S/C13H18N4O/c1-3-4-12-9-14-10-13(15-12)17-7-5-16(6-8-17)11(2)18/h3-4,9-10H,5-8H2,1-2H3/b4-3+. The number of rotatable bonds is 2. The smallest absolute Gasteiger partial charge is 0.219 e. The molecule has 5 heteroatoms. The average Bonchev–Trinajstić information content (AvgIpc) is 2.39. The molecule has 1 aliphatic rings. The lowest BCUT2D eigenvalue weighted by Gasteiger charge is -2.34. The number of aromatic nitrogens is 2. The molecule has 2 rings (SSSR count). The fraction of sp³-hybridized carbons (Fsp3) is 0.462. The van der Waals surface area contributed by atoms with Crippen LogP contribution in [0.15, 0.2) is 18.5 Å². The molecule has 0 saturated carbocycles. The summed E-state index contributed by atoms with van der Waals surface area (Å²) in [6.45, 7) is 6.71. The van der Waals surface area contributed by atoms with Crippen molar-refractivity contribution in [2.24, 2.45) is 0 Å². The first-order valence-electron chi connectivity index (χ1n) is 6.16. The molecule has 0 radical (unpaired) electrons. The van der Waals surface area contributed by atoms with Crippen LogP contribution in [0.2, 0.25) is 0 Å². The van der Waals surface area contributed by atoms with Crippen molar-refractivity contribution in [2.75, 3.05) is 31.1 Å². The summed E-state index contributed by atoms with van der Waals surface area (Å²) < 4.78 is 0. The van der Waals surface area contributed by atoms with Crippen LogP contribution >= 0.6 is 0 Å². The predicted octanol–water partition coefficient (Wildman–Crippen LogP) is 1.18. The number of carbonyl (C=O) groups excluding carboxylic acids is 1. The van der Waals surface area contributed by atoms with E-state index in [1.807, 2.05) is 24.0 Å². The van der Waals surface area contributed by atoms with Gasteiger partial charge < -0.3 is 9.80 Å². The van der Waals surface area contributed by atoms with Gasteiger partial charge in [-0.05, 0) is 13.0 Å². The Labute approximate surface area is 107 Å². The molecule has 0 aromatic carbocycles. The van der Waals surface area contributed by atoms with Crippen molar-refractivity contribution in [3.8, 4) is 0 Å². The van der Waals surface area contributed by atoms with E-state index in [1.165, 1.54) is 0 Å². The second kappa shape index (κ2) is 5.62. The van der Waals surface area contributed by atoms with Gasteiger partial charge in [0.25, 0.3) is 0 Å². The molecule has 0 spiro atoms. The van der Waals surface area contributed by atoms with Gasteiger partial charge in [0.1, 0.15) is 5.82 Å². The maximum Gasteiger partial charge on any atom is 0.219 e. The van der Waals surface area contributed by atoms with Crippen molar-refractivity contribution in [3.05, 3.63) is 24.2 Å². The third-order valence-electron chi connectivity index (χ3n) is 3.03. The molecule has 1 aliphatic heterocycles. The summed E-state index contributed by atoms with van der Waals surface area (Å²) in [6.07, 6.45) is 7.40. The van der Waals surface area contributed by atoms with Gasteiger partial charge in [0.15, 0.2) is 0 Å². The highest BCUT2D eigenvalue weighted by Crippen LogP contribution is 2.13. The van der Waals surface area contributed by atoms with Crippen molar-refractivity contribution < 1.29 is 4.79 Å². The summed E-state index contributed by atoms with van der Waals surface area (Å²) >= 11 is 0. The third kappa shape index (κ3) is 2.85. The lowest BCUT2D eigenvalue weighted by Crippen LogP contribution is -2.48. The van der Waals surface area contributed by atoms with E-state index in [4.69, 9.17) is 0 Å². The number of anilines is 1. The second-order valence-electron chi connectivity index (χ2n) is 4.30. The molecule has 5 nitrogen and oxygen atoms in total. The zero-order chi connectivity index (χ0) is 13.0. The Balaban J connectivity index is 2.05. The highest BCUT2D eigenvalue weighted by atomic mass is 16.2. The van der Waals surface area contributed by atoms with Gasteiger partial charge in [-0.2, -0.15) is 0 Å². The Morgan fingerprint density at radius 1 is 1.28 bits per heavy atom. The van der Waals surface area contributed by atoms with Gasteiger partial charge in [0.2, 0.25) is 5.91 Å². The first kappa shape index (κ1) is 12.5. The van der Waals surface area contributed by atoms with E-state index in [2.05, 4.69) is 14.9 Å². The molecule has 0 aliphatic carbocycles. The number of piperazine rings is 1. The minimum atomic E-state index is 0.142. The van der Waals surface area contributed by atoms with Crippen LogP contribution in [-0.4, -0.2) is 47.0 Å². The number of allylic oxidation sites excluding steroid dienone is 1. The molecule has 96 valence electrons. The molecule has 1 fully saturated rings. The van der Waals surface area contributed by atoms with Crippen LogP contribution in [0.4, 0.5) is 5.82 Å². The van der Waals surface area contributed by atoms with Crippen LogP contribution in [0.3, 0.4) is 0 Å². The van der Waals surface area contributed by atoms with Gasteiger partial charge in [0.05, 0.1) is 18.1 Å². The molecule has 0 atom stereocenters. The van der Waals surface area contributed by atoms with E-state index in [1.54, 1.807) is 19.3 Å². The van der Waals surface area contributed by atoms with E-state index >= 15 is 0 Å². The van der Waals surface area contributed by atoms with Crippen LogP contribution < -0.4 is 4.90 Å². The number of hydrogen-bond donors (Lipinski definition) is 0. The Kier molecular flexibility index (Phi) is 3.92. The molecule has 18 heavy (non-hydrogen) atoms. The molecule has 1 saturated heterocycles. The zero-order valence-corrected chi connectivity index (χ0v) is 10.8. The Bertz CT molecular complexity index is 450. The van der Waals surface area contributed by atoms with Crippen molar-refractivity contribution in [1.29, 1.82) is 0 Å². The van der Waals surface area contributed by atoms with Crippen molar-refractivity contribution >= 4 is 17.8 Å². The van der Waals surface area contributed by atoms with Gasteiger partial charge in [-0.15, -0.1) is 0 Å². The molecular weight excluding hydrogens is 228 g/mol. The minimum absolute atomic E-state index is 0.142. The fourth-order valence-corrected chi connectivity index (χ4v) is 2.02. The summed E-state index contributed by atoms with van der Waals surface area (Å²) in [5.74, 6) is 1.03. The lowest BCUT2D eigenvalue weighted by atomic mass is 10.3. The van der Waals surface area contributed by atoms with Gasteiger partial charge in [-0.25, -0.2) is 4.98 Å². The largest absolute Gasteiger partial charge is 0.352 e. The summed E-state index contributed by atoms with van der Waals surface area (Å²) in [4.78, 5) is 24.0. The number of nitrogens with zero attached hydrogens (tertiary/aromatic N) is 4. The van der Waals surface area contributed by atoms with E-state index in [9.17, 15) is 4.79 Å². The minimum Gasteiger partial charge on any atom is -0.352 e. The van der Waals surface area contributed by atoms with Crippen molar-refractivity contribution in [3.63, 3.8) is 0 Å². The van der Waals surface area contributed by atoms with Gasteiger partial charge in [-0.3, -0.25) is 9.78 Å². The lowest BCUT2D eigenvalue weighted by molar-refractivity contribution is -0.129. The van der Waals surface area contributed by atoms with Crippen LogP contribution in [0, 0.1) is 0 Å². The molecule has 0 N–H and O–H groups in total. The molecule has 1 amide bonds. The Hall–Kier alpha value is -1.91. The maximum absolute atomic E-state index is 11.3. The topological polar surface area (TPSA) is 49.3 Å². The van der Waals surface area contributed by atoms with Crippen molar-refractivity contribution in [2.45, 2.75) is 13.8 Å². The molecule has 0 bridgehead atoms. The summed E-state index contributed by atoms with van der Waals surface area (Å²) in [7, 11) is 0. The monoisotopic (exact) mass is 246 g/mol. The highest BCUT2D eigenvalue weighted by Gasteiger charge is 2.19. The van der Waals surface area contributed by atoms with E-state index in [-0.39, 0.29) is 5.91 Å². The van der Waals surface area contributed by atoms with E-state index in [0.29, 0.717) is 0 Å². The van der Waals surface area contributed by atoms with Crippen LogP contribution in [0.5, 0.6) is 0 Å². The van der Waals surface area contributed by atoms with Gasteiger partial charge in [0, 0.05) is 33.1 Å². The van der Waals surface area contributed by atoms with Crippen LogP contribution in [-0.2, 0) is 4.79 Å². The predicted molar refractivity (Wildman–Crippen MR) is 71.2 cm³/mol. The Morgan fingerprint density at radius 3 is 2.61 bits per heavy atom. The maximum atomic E-state index is 11.3. The molecular formula is C13H18N4O.